The number of hydrogen-bond donors (Lipinski definition) is 1. The third kappa shape index (κ3) is 3.71. The van der Waals surface area contributed by atoms with Crippen LogP contribution in [-0.2, 0) is 0 Å². The number of nitrogens with one attached hydrogen (secondary N) is 1. The highest BCUT2D eigenvalue weighted by Crippen LogP contribution is 2.43. The zero-order chi connectivity index (χ0) is 21.4. The van der Waals surface area contributed by atoms with Crippen molar-refractivity contribution in [1.82, 2.24) is 10.3 Å². The van der Waals surface area contributed by atoms with Crippen molar-refractivity contribution >= 4 is 34.6 Å². The maximum atomic E-state index is 6.41. The molecule has 1 N–H and O–H groups in total. The van der Waals surface area contributed by atoms with E-state index in [2.05, 4.69) is 15.2 Å². The number of hydrogen-bond acceptors (Lipinski definition) is 3. The third-order valence-electron chi connectivity index (χ3n) is 5.52. The minimum Gasteiger partial charge on any atom is -0.459 e. The molecular weight excluding hydrogens is 426 g/mol. The predicted molar refractivity (Wildman–Crippen MR) is 128 cm³/mol. The van der Waals surface area contributed by atoms with E-state index in [9.17, 15) is 0 Å². The van der Waals surface area contributed by atoms with Gasteiger partial charge in [-0.05, 0) is 73.2 Å². The summed E-state index contributed by atoms with van der Waals surface area (Å²) in [5.41, 5.74) is 3.99. The molecule has 0 radical (unpaired) electrons. The zero-order valence-corrected chi connectivity index (χ0v) is 18.4. The molecule has 31 heavy (non-hydrogen) atoms. The number of aryl methyl sites for hydroxylation is 1. The molecule has 154 valence electrons. The number of furan rings is 1. The van der Waals surface area contributed by atoms with E-state index in [0.29, 0.717) is 10.1 Å². The average Bonchev–Trinajstić information content (AvgIpc) is 3.41. The monoisotopic (exact) mass is 445 g/mol. The molecule has 0 saturated carbocycles. The van der Waals surface area contributed by atoms with Gasteiger partial charge in [0.2, 0.25) is 0 Å². The van der Waals surface area contributed by atoms with Crippen molar-refractivity contribution in [3.8, 4) is 11.3 Å². The van der Waals surface area contributed by atoms with Crippen LogP contribution in [0.15, 0.2) is 89.5 Å². The van der Waals surface area contributed by atoms with E-state index in [1.165, 1.54) is 0 Å². The molecule has 0 spiro atoms. The summed E-state index contributed by atoms with van der Waals surface area (Å²) in [6.45, 7) is 2.05. The summed E-state index contributed by atoms with van der Waals surface area (Å²) in [7, 11) is 0. The van der Waals surface area contributed by atoms with Gasteiger partial charge in [-0.1, -0.05) is 41.9 Å². The largest absolute Gasteiger partial charge is 0.459 e. The lowest BCUT2D eigenvalue weighted by Gasteiger charge is -2.26. The highest BCUT2D eigenvalue weighted by atomic mass is 35.5. The predicted octanol–water partition coefficient (Wildman–Crippen LogP) is 6.48. The van der Waals surface area contributed by atoms with Crippen LogP contribution in [0.4, 0.5) is 5.69 Å². The Morgan fingerprint density at radius 2 is 1.81 bits per heavy atom. The first-order valence-electron chi connectivity index (χ1n) is 10.0. The first-order valence-corrected chi connectivity index (χ1v) is 10.8. The first kappa shape index (κ1) is 19.8. The molecule has 4 nitrogen and oxygen atoms in total. The van der Waals surface area contributed by atoms with Gasteiger partial charge in [-0.25, -0.2) is 0 Å². The van der Waals surface area contributed by atoms with Crippen LogP contribution in [-0.4, -0.2) is 10.1 Å². The van der Waals surface area contributed by atoms with Gasteiger partial charge in [-0.15, -0.1) is 0 Å². The topological polar surface area (TPSA) is 41.3 Å². The molecule has 3 heterocycles. The Hall–Kier alpha value is -3.15. The summed E-state index contributed by atoms with van der Waals surface area (Å²) in [5, 5.41) is 4.77. The number of pyridine rings is 1. The van der Waals surface area contributed by atoms with E-state index in [0.717, 1.165) is 34.0 Å². The molecule has 6 heteroatoms. The van der Waals surface area contributed by atoms with E-state index >= 15 is 0 Å². The SMILES string of the molecule is Cc1ccc(Cl)cc1-c1ccc([C@@H]2[C@H](c3ccccn3)NC(=S)N2c2ccccc2)o1. The minimum atomic E-state index is -0.182. The Morgan fingerprint density at radius 1 is 1.00 bits per heavy atom. The van der Waals surface area contributed by atoms with Gasteiger partial charge in [0, 0.05) is 22.5 Å². The molecule has 0 amide bonds. The van der Waals surface area contributed by atoms with Crippen LogP contribution in [0, 0.1) is 6.92 Å². The maximum Gasteiger partial charge on any atom is 0.174 e. The summed E-state index contributed by atoms with van der Waals surface area (Å²) in [5.74, 6) is 1.59. The molecule has 0 unspecified atom stereocenters. The number of rotatable bonds is 4. The second kappa shape index (κ2) is 8.17. The van der Waals surface area contributed by atoms with Crippen LogP contribution < -0.4 is 10.2 Å². The standard InChI is InChI=1S/C25H20ClN3OS/c1-16-10-11-17(26)15-19(16)21-12-13-22(30-21)24-23(20-9-5-6-14-27-20)28-25(31)29(24)18-7-3-2-4-8-18/h2-15,23-24H,1H3,(H,28,31)/t23-,24+/m0/s1. The highest BCUT2D eigenvalue weighted by molar-refractivity contribution is 7.80. The summed E-state index contributed by atoms with van der Waals surface area (Å²) < 4.78 is 6.41. The molecule has 1 saturated heterocycles. The van der Waals surface area contributed by atoms with Gasteiger partial charge in [0.1, 0.15) is 17.6 Å². The summed E-state index contributed by atoms with van der Waals surface area (Å²) in [6.07, 6.45) is 1.80. The van der Waals surface area contributed by atoms with E-state index in [1.807, 2.05) is 85.8 Å². The van der Waals surface area contributed by atoms with Crippen molar-refractivity contribution in [3.63, 3.8) is 0 Å². The molecule has 2 aromatic carbocycles. The Morgan fingerprint density at radius 3 is 2.58 bits per heavy atom. The molecule has 0 aliphatic carbocycles. The number of aromatic nitrogens is 1. The van der Waals surface area contributed by atoms with E-state index in [-0.39, 0.29) is 12.1 Å². The molecular formula is C25H20ClN3OS. The lowest BCUT2D eigenvalue weighted by molar-refractivity contribution is 0.439. The maximum absolute atomic E-state index is 6.41. The fourth-order valence-electron chi connectivity index (χ4n) is 4.03. The van der Waals surface area contributed by atoms with Gasteiger partial charge in [-0.3, -0.25) is 4.98 Å². The molecule has 0 bridgehead atoms. The summed E-state index contributed by atoms with van der Waals surface area (Å²) in [4.78, 5) is 6.68. The average molecular weight is 446 g/mol. The van der Waals surface area contributed by atoms with Crippen molar-refractivity contribution in [1.29, 1.82) is 0 Å². The lowest BCUT2D eigenvalue weighted by Crippen LogP contribution is -2.29. The molecule has 5 rings (SSSR count). The Labute approximate surface area is 191 Å². The number of anilines is 1. The molecule has 1 fully saturated rings. The van der Waals surface area contributed by atoms with Crippen molar-refractivity contribution < 1.29 is 4.42 Å². The van der Waals surface area contributed by atoms with Crippen molar-refractivity contribution in [3.05, 3.63) is 107 Å². The second-order valence-electron chi connectivity index (χ2n) is 7.49. The van der Waals surface area contributed by atoms with Gasteiger partial charge in [-0.2, -0.15) is 0 Å². The van der Waals surface area contributed by atoms with Crippen LogP contribution in [0.3, 0.4) is 0 Å². The third-order valence-corrected chi connectivity index (χ3v) is 6.07. The van der Waals surface area contributed by atoms with Gasteiger partial charge >= 0.3 is 0 Å². The van der Waals surface area contributed by atoms with Gasteiger partial charge in [0.15, 0.2) is 5.11 Å². The number of halogens is 1. The van der Waals surface area contributed by atoms with Crippen LogP contribution >= 0.6 is 23.8 Å². The fourth-order valence-corrected chi connectivity index (χ4v) is 4.54. The zero-order valence-electron chi connectivity index (χ0n) is 16.8. The van der Waals surface area contributed by atoms with E-state index in [1.54, 1.807) is 6.20 Å². The van der Waals surface area contributed by atoms with Gasteiger partial charge < -0.3 is 14.6 Å². The molecule has 2 atom stereocenters. The lowest BCUT2D eigenvalue weighted by atomic mass is 10.0. The number of nitrogens with zero attached hydrogens (tertiary/aromatic N) is 2. The molecule has 1 aliphatic rings. The first-order chi connectivity index (χ1) is 15.1. The summed E-state index contributed by atoms with van der Waals surface area (Å²) >= 11 is 12.0. The minimum absolute atomic E-state index is 0.145. The number of benzene rings is 2. The molecule has 1 aliphatic heterocycles. The Bertz CT molecular complexity index is 1230. The Kier molecular flexibility index (Phi) is 5.22. The Balaban J connectivity index is 1.61. The number of para-hydroxylation sites is 1. The molecule has 2 aromatic heterocycles. The second-order valence-corrected chi connectivity index (χ2v) is 8.32. The normalized spacial score (nSPS) is 18.3. The highest BCUT2D eigenvalue weighted by Gasteiger charge is 2.42. The number of thiocarbonyl (C=S) groups is 1. The van der Waals surface area contributed by atoms with Crippen LogP contribution in [0.1, 0.15) is 29.1 Å². The quantitative estimate of drug-likeness (QED) is 0.364. The van der Waals surface area contributed by atoms with Crippen molar-refractivity contribution in [2.75, 3.05) is 4.90 Å². The molecule has 4 aromatic rings. The fraction of sp³-hybridized carbons (Fsp3) is 0.120. The van der Waals surface area contributed by atoms with E-state index < -0.39 is 0 Å². The van der Waals surface area contributed by atoms with Crippen LogP contribution in [0.2, 0.25) is 5.02 Å². The smallest absolute Gasteiger partial charge is 0.174 e. The van der Waals surface area contributed by atoms with Crippen LogP contribution in [0.5, 0.6) is 0 Å². The van der Waals surface area contributed by atoms with Gasteiger partial charge in [0.25, 0.3) is 0 Å². The summed E-state index contributed by atoms with van der Waals surface area (Å²) in [6, 6.07) is 25.5. The van der Waals surface area contributed by atoms with Gasteiger partial charge in [0.05, 0.1) is 11.7 Å². The van der Waals surface area contributed by atoms with Crippen LogP contribution in [0.25, 0.3) is 11.3 Å². The van der Waals surface area contributed by atoms with Crippen molar-refractivity contribution in [2.24, 2.45) is 0 Å². The van der Waals surface area contributed by atoms with Crippen molar-refractivity contribution in [2.45, 2.75) is 19.0 Å². The van der Waals surface area contributed by atoms with E-state index in [4.69, 9.17) is 28.2 Å².